The van der Waals surface area contributed by atoms with E-state index in [1.165, 1.54) is 24.3 Å². The molecule has 0 spiro atoms. The zero-order valence-corrected chi connectivity index (χ0v) is 15.5. The van der Waals surface area contributed by atoms with Gasteiger partial charge in [0.15, 0.2) is 9.84 Å². The molecule has 136 valence electrons. The molecule has 0 aliphatic carbocycles. The van der Waals surface area contributed by atoms with E-state index < -0.39 is 20.9 Å². The predicted octanol–water partition coefficient (Wildman–Crippen LogP) is 4.74. The molecule has 0 bridgehead atoms. The van der Waals surface area contributed by atoms with Crippen LogP contribution in [0.15, 0.2) is 53.4 Å². The van der Waals surface area contributed by atoms with Gasteiger partial charge in [-0.25, -0.2) is 8.42 Å². The van der Waals surface area contributed by atoms with Crippen molar-refractivity contribution < 1.29 is 17.2 Å². The highest BCUT2D eigenvalue weighted by atomic mass is 35.5. The second-order valence-corrected chi connectivity index (χ2v) is 8.47. The van der Waals surface area contributed by atoms with Crippen LogP contribution in [0.3, 0.4) is 0 Å². The number of aromatic nitrogens is 2. The third kappa shape index (κ3) is 3.64. The monoisotopic (exact) mass is 396 g/mol. The molecular formula is C18H15ClF2N2O2S. The van der Waals surface area contributed by atoms with E-state index in [2.05, 4.69) is 10.2 Å². The molecule has 0 saturated heterocycles. The average Bonchev–Trinajstić information content (AvgIpc) is 3.00. The first kappa shape index (κ1) is 18.5. The Balaban J connectivity index is 2.19. The minimum Gasteiger partial charge on any atom is -0.274 e. The minimum atomic E-state index is -3.63. The van der Waals surface area contributed by atoms with Crippen molar-refractivity contribution in [2.24, 2.45) is 0 Å². The van der Waals surface area contributed by atoms with Gasteiger partial charge in [-0.3, -0.25) is 5.10 Å². The summed E-state index contributed by atoms with van der Waals surface area (Å²) in [5, 5.41) is 2.70. The Labute approximate surface area is 154 Å². The number of alkyl halides is 3. The fraction of sp³-hybridized carbons (Fsp3) is 0.167. The van der Waals surface area contributed by atoms with Crippen molar-refractivity contribution in [3.05, 3.63) is 59.8 Å². The Hall–Kier alpha value is -2.25. The molecule has 0 radical (unpaired) electrons. The van der Waals surface area contributed by atoms with Gasteiger partial charge in [0.25, 0.3) is 0 Å². The van der Waals surface area contributed by atoms with Crippen molar-refractivity contribution in [2.75, 3.05) is 6.26 Å². The van der Waals surface area contributed by atoms with Crippen LogP contribution in [0.1, 0.15) is 11.3 Å². The van der Waals surface area contributed by atoms with Gasteiger partial charge in [0.05, 0.1) is 4.90 Å². The number of benzene rings is 2. The van der Waals surface area contributed by atoms with Crippen LogP contribution < -0.4 is 0 Å². The lowest BCUT2D eigenvalue weighted by atomic mass is 9.98. The maximum absolute atomic E-state index is 13.8. The molecule has 26 heavy (non-hydrogen) atoms. The summed E-state index contributed by atoms with van der Waals surface area (Å²) in [6.07, 6.45) is 1.10. The normalized spacial score (nSPS) is 12.3. The van der Waals surface area contributed by atoms with E-state index >= 15 is 0 Å². The largest absolute Gasteiger partial charge is 0.364 e. The second-order valence-electron chi connectivity index (χ2n) is 5.98. The van der Waals surface area contributed by atoms with E-state index in [1.54, 1.807) is 24.3 Å². The molecule has 3 rings (SSSR count). The number of nitrogens with zero attached hydrogens (tertiary/aromatic N) is 1. The summed E-state index contributed by atoms with van der Waals surface area (Å²) in [6, 6.07) is 12.9. The van der Waals surface area contributed by atoms with E-state index in [1.807, 2.05) is 6.92 Å². The molecule has 4 nitrogen and oxygen atoms in total. The van der Waals surface area contributed by atoms with Gasteiger partial charge in [-0.1, -0.05) is 42.0 Å². The van der Waals surface area contributed by atoms with Crippen LogP contribution in [0.4, 0.5) is 8.78 Å². The number of nitrogens with one attached hydrogen (secondary N) is 1. The number of hydrogen-bond acceptors (Lipinski definition) is 3. The van der Waals surface area contributed by atoms with Gasteiger partial charge in [-0.15, -0.1) is 0 Å². The number of H-pyrrole nitrogens is 1. The number of sulfone groups is 1. The van der Waals surface area contributed by atoms with Crippen molar-refractivity contribution in [1.82, 2.24) is 10.2 Å². The maximum Gasteiger partial charge on any atom is 0.364 e. The smallest absolute Gasteiger partial charge is 0.274 e. The number of aryl methyl sites for hydroxylation is 1. The van der Waals surface area contributed by atoms with Gasteiger partial charge in [0, 0.05) is 17.4 Å². The third-order valence-electron chi connectivity index (χ3n) is 3.95. The summed E-state index contributed by atoms with van der Waals surface area (Å²) in [5.74, 6) is 0. The molecule has 0 atom stereocenters. The minimum absolute atomic E-state index is 0.136. The van der Waals surface area contributed by atoms with Crippen molar-refractivity contribution in [3.8, 4) is 22.4 Å². The molecule has 1 heterocycles. The Bertz CT molecular complexity index is 1040. The van der Waals surface area contributed by atoms with E-state index in [9.17, 15) is 17.2 Å². The van der Waals surface area contributed by atoms with Crippen LogP contribution in [0.25, 0.3) is 22.4 Å². The van der Waals surface area contributed by atoms with Crippen molar-refractivity contribution >= 4 is 21.4 Å². The van der Waals surface area contributed by atoms with Crippen LogP contribution >= 0.6 is 11.6 Å². The molecule has 0 amide bonds. The zero-order chi connectivity index (χ0) is 19.1. The van der Waals surface area contributed by atoms with Crippen LogP contribution in [0.2, 0.25) is 0 Å². The van der Waals surface area contributed by atoms with Gasteiger partial charge in [-0.05, 0) is 36.2 Å². The van der Waals surface area contributed by atoms with E-state index in [-0.39, 0.29) is 16.2 Å². The summed E-state index contributed by atoms with van der Waals surface area (Å²) in [5.41, 5.74) is 1.94. The molecule has 0 fully saturated rings. The van der Waals surface area contributed by atoms with Gasteiger partial charge in [0.1, 0.15) is 11.4 Å². The summed E-state index contributed by atoms with van der Waals surface area (Å²) in [7, 11) is -3.36. The Morgan fingerprint density at radius 1 is 1.00 bits per heavy atom. The zero-order valence-electron chi connectivity index (χ0n) is 13.9. The molecule has 0 aliphatic rings. The fourth-order valence-electron chi connectivity index (χ4n) is 2.62. The Kier molecular flexibility index (Phi) is 4.62. The molecular weight excluding hydrogens is 382 g/mol. The SMILES string of the molecule is Cc1ccc(-c2c(-c3ccc(S(C)(=O)=O)cc3)n[nH]c2C(F)(F)Cl)cc1. The summed E-state index contributed by atoms with van der Waals surface area (Å²) in [4.78, 5) is 0.136. The number of aromatic amines is 1. The summed E-state index contributed by atoms with van der Waals surface area (Å²) in [6.45, 7) is 1.89. The number of hydrogen-bond donors (Lipinski definition) is 1. The fourth-order valence-corrected chi connectivity index (χ4v) is 3.38. The second kappa shape index (κ2) is 6.48. The summed E-state index contributed by atoms with van der Waals surface area (Å²) >= 11 is 5.25. The van der Waals surface area contributed by atoms with Gasteiger partial charge < -0.3 is 0 Å². The van der Waals surface area contributed by atoms with E-state index in [0.717, 1.165) is 11.8 Å². The quantitative estimate of drug-likeness (QED) is 0.647. The number of rotatable bonds is 4. The lowest BCUT2D eigenvalue weighted by Crippen LogP contribution is -2.06. The Morgan fingerprint density at radius 3 is 2.04 bits per heavy atom. The highest BCUT2D eigenvalue weighted by Gasteiger charge is 2.35. The first-order chi connectivity index (χ1) is 12.1. The molecule has 1 N–H and O–H groups in total. The highest BCUT2D eigenvalue weighted by molar-refractivity contribution is 7.90. The molecule has 0 aliphatic heterocycles. The summed E-state index contributed by atoms with van der Waals surface area (Å²) < 4.78 is 50.9. The van der Waals surface area contributed by atoms with Gasteiger partial charge >= 0.3 is 5.38 Å². The van der Waals surface area contributed by atoms with Gasteiger partial charge in [0.2, 0.25) is 0 Å². The topological polar surface area (TPSA) is 62.8 Å². The van der Waals surface area contributed by atoms with E-state index in [4.69, 9.17) is 11.6 Å². The van der Waals surface area contributed by atoms with Crippen molar-refractivity contribution in [2.45, 2.75) is 17.2 Å². The third-order valence-corrected chi connectivity index (χ3v) is 5.26. The lowest BCUT2D eigenvalue weighted by molar-refractivity contribution is 0.0905. The standard InChI is InChI=1S/C18H15ClF2N2O2S/c1-11-3-5-12(6-4-11)15-16(22-23-17(15)18(19,20)21)13-7-9-14(10-8-13)26(2,24)25/h3-10H,1-2H3,(H,22,23). The maximum atomic E-state index is 13.8. The molecule has 0 saturated carbocycles. The molecule has 8 heteroatoms. The molecule has 0 unspecified atom stereocenters. The van der Waals surface area contributed by atoms with Crippen LogP contribution in [-0.2, 0) is 15.2 Å². The first-order valence-electron chi connectivity index (χ1n) is 7.60. The van der Waals surface area contributed by atoms with E-state index in [0.29, 0.717) is 11.1 Å². The Morgan fingerprint density at radius 2 is 1.54 bits per heavy atom. The van der Waals surface area contributed by atoms with Crippen LogP contribution in [-0.4, -0.2) is 24.9 Å². The van der Waals surface area contributed by atoms with Crippen LogP contribution in [0.5, 0.6) is 0 Å². The van der Waals surface area contributed by atoms with Crippen molar-refractivity contribution in [1.29, 1.82) is 0 Å². The van der Waals surface area contributed by atoms with Gasteiger partial charge in [-0.2, -0.15) is 13.9 Å². The lowest BCUT2D eigenvalue weighted by Gasteiger charge is -2.11. The average molecular weight is 397 g/mol. The molecule has 1 aromatic heterocycles. The first-order valence-corrected chi connectivity index (χ1v) is 9.87. The number of halogens is 3. The van der Waals surface area contributed by atoms with Crippen LogP contribution in [0, 0.1) is 6.92 Å². The highest BCUT2D eigenvalue weighted by Crippen LogP contribution is 2.42. The predicted molar refractivity (Wildman–Crippen MR) is 97.1 cm³/mol. The molecule has 2 aromatic carbocycles. The molecule has 3 aromatic rings. The van der Waals surface area contributed by atoms with Crippen molar-refractivity contribution in [3.63, 3.8) is 0 Å².